The van der Waals surface area contributed by atoms with Crippen LogP contribution in [0.2, 0.25) is 0 Å². The molecule has 0 aromatic heterocycles. The van der Waals surface area contributed by atoms with Gasteiger partial charge in [-0.15, -0.1) is 0 Å². The first-order chi connectivity index (χ1) is 7.59. The molecular weight excluding hydrogens is 209 g/mol. The Labute approximate surface area is 93.9 Å². The van der Waals surface area contributed by atoms with E-state index < -0.39 is 11.4 Å². The van der Waals surface area contributed by atoms with Crippen molar-refractivity contribution in [3.8, 4) is 5.75 Å². The summed E-state index contributed by atoms with van der Waals surface area (Å²) >= 11 is 0. The number of rotatable bonds is 2. The van der Waals surface area contributed by atoms with Gasteiger partial charge in [-0.25, -0.2) is 4.39 Å². The Morgan fingerprint density at radius 1 is 1.31 bits per heavy atom. The zero-order valence-corrected chi connectivity index (χ0v) is 9.04. The van der Waals surface area contributed by atoms with Gasteiger partial charge >= 0.3 is 0 Å². The van der Waals surface area contributed by atoms with E-state index in [1.165, 1.54) is 12.1 Å². The molecule has 3 N–H and O–H groups in total. The van der Waals surface area contributed by atoms with Crippen LogP contribution < -0.4 is 5.32 Å². The van der Waals surface area contributed by atoms with Gasteiger partial charge in [-0.1, -0.05) is 6.07 Å². The molecule has 2 rings (SSSR count). The van der Waals surface area contributed by atoms with E-state index in [1.54, 1.807) is 0 Å². The molecule has 1 aliphatic heterocycles. The lowest BCUT2D eigenvalue weighted by Gasteiger charge is -2.32. The maximum absolute atomic E-state index is 13.5. The summed E-state index contributed by atoms with van der Waals surface area (Å²) in [5, 5.41) is 22.5. The summed E-state index contributed by atoms with van der Waals surface area (Å²) in [7, 11) is 0. The minimum atomic E-state index is -0.816. The number of aromatic hydroxyl groups is 1. The normalized spacial score (nSPS) is 19.6. The van der Waals surface area contributed by atoms with E-state index in [-0.39, 0.29) is 5.75 Å². The zero-order valence-electron chi connectivity index (χ0n) is 9.04. The number of benzene rings is 1. The van der Waals surface area contributed by atoms with Crippen molar-refractivity contribution < 1.29 is 14.6 Å². The molecule has 1 heterocycles. The largest absolute Gasteiger partial charge is 0.508 e. The molecular formula is C12H16FNO2. The highest BCUT2D eigenvalue weighted by atomic mass is 19.1. The van der Waals surface area contributed by atoms with Gasteiger partial charge in [-0.05, 0) is 37.6 Å². The summed E-state index contributed by atoms with van der Waals surface area (Å²) in [4.78, 5) is 0. The Hall–Kier alpha value is -1.13. The highest BCUT2D eigenvalue weighted by molar-refractivity contribution is 5.28. The van der Waals surface area contributed by atoms with E-state index in [1.807, 2.05) is 0 Å². The molecule has 3 nitrogen and oxygen atoms in total. The average Bonchev–Trinajstić information content (AvgIpc) is 2.23. The Kier molecular flexibility index (Phi) is 3.12. The Morgan fingerprint density at radius 3 is 2.62 bits per heavy atom. The predicted octanol–water partition coefficient (Wildman–Crippen LogP) is 1.19. The predicted molar refractivity (Wildman–Crippen MR) is 58.8 cm³/mol. The number of nitrogens with one attached hydrogen (secondary N) is 1. The van der Waals surface area contributed by atoms with Gasteiger partial charge in [0.05, 0.1) is 5.60 Å². The second kappa shape index (κ2) is 4.39. The minimum Gasteiger partial charge on any atom is -0.508 e. The summed E-state index contributed by atoms with van der Waals surface area (Å²) < 4.78 is 13.5. The smallest absolute Gasteiger partial charge is 0.130 e. The van der Waals surface area contributed by atoms with Crippen LogP contribution in [0, 0.1) is 5.82 Å². The average molecular weight is 225 g/mol. The highest BCUT2D eigenvalue weighted by Gasteiger charge is 2.30. The molecule has 0 unspecified atom stereocenters. The lowest BCUT2D eigenvalue weighted by atomic mass is 9.86. The molecule has 1 aromatic carbocycles. The van der Waals surface area contributed by atoms with Crippen LogP contribution in [0.1, 0.15) is 18.4 Å². The number of phenolic OH excluding ortho intramolecular Hbond substituents is 1. The Balaban J connectivity index is 2.13. The standard InChI is InChI=1S/C12H16FNO2/c13-11-7-10(15)2-1-9(11)8-12(16)3-5-14-6-4-12/h1-2,7,14-16H,3-6,8H2. The van der Waals surface area contributed by atoms with Gasteiger partial charge in [0.25, 0.3) is 0 Å². The topological polar surface area (TPSA) is 52.5 Å². The van der Waals surface area contributed by atoms with E-state index in [0.717, 1.165) is 19.2 Å². The second-order valence-corrected chi connectivity index (χ2v) is 4.43. The first-order valence-corrected chi connectivity index (χ1v) is 5.50. The summed E-state index contributed by atoms with van der Waals surface area (Å²) in [6.07, 6.45) is 1.57. The number of piperidine rings is 1. The van der Waals surface area contributed by atoms with Crippen LogP contribution in [0.15, 0.2) is 18.2 Å². The van der Waals surface area contributed by atoms with Crippen LogP contribution in [0.5, 0.6) is 5.75 Å². The fraction of sp³-hybridized carbons (Fsp3) is 0.500. The van der Waals surface area contributed by atoms with Gasteiger partial charge in [0, 0.05) is 12.5 Å². The van der Waals surface area contributed by atoms with E-state index in [9.17, 15) is 9.50 Å². The maximum atomic E-state index is 13.5. The maximum Gasteiger partial charge on any atom is 0.130 e. The van der Waals surface area contributed by atoms with Gasteiger partial charge in [0.15, 0.2) is 0 Å². The van der Waals surface area contributed by atoms with Crippen LogP contribution in [-0.2, 0) is 6.42 Å². The van der Waals surface area contributed by atoms with Crippen molar-refractivity contribution in [2.24, 2.45) is 0 Å². The lowest BCUT2D eigenvalue weighted by Crippen LogP contribution is -2.43. The fourth-order valence-corrected chi connectivity index (χ4v) is 2.10. The van der Waals surface area contributed by atoms with Gasteiger partial charge in [0.1, 0.15) is 11.6 Å². The molecule has 0 radical (unpaired) electrons. The molecule has 0 aliphatic carbocycles. The molecule has 1 fully saturated rings. The molecule has 0 bridgehead atoms. The van der Waals surface area contributed by atoms with E-state index in [0.29, 0.717) is 24.8 Å². The van der Waals surface area contributed by atoms with Crippen molar-refractivity contribution in [2.75, 3.05) is 13.1 Å². The molecule has 0 amide bonds. The number of phenols is 1. The number of halogens is 1. The molecule has 88 valence electrons. The third-order valence-electron chi connectivity index (χ3n) is 3.09. The van der Waals surface area contributed by atoms with E-state index in [4.69, 9.17) is 5.11 Å². The number of aliphatic hydroxyl groups is 1. The van der Waals surface area contributed by atoms with Crippen LogP contribution >= 0.6 is 0 Å². The molecule has 0 spiro atoms. The Morgan fingerprint density at radius 2 is 2.00 bits per heavy atom. The molecule has 4 heteroatoms. The van der Waals surface area contributed by atoms with Crippen molar-refractivity contribution in [1.82, 2.24) is 5.32 Å². The van der Waals surface area contributed by atoms with Crippen molar-refractivity contribution in [1.29, 1.82) is 0 Å². The van der Waals surface area contributed by atoms with Gasteiger partial charge in [-0.3, -0.25) is 0 Å². The highest BCUT2D eigenvalue weighted by Crippen LogP contribution is 2.25. The summed E-state index contributed by atoms with van der Waals surface area (Å²) in [6.45, 7) is 1.52. The first kappa shape index (κ1) is 11.4. The van der Waals surface area contributed by atoms with Crippen molar-refractivity contribution in [2.45, 2.75) is 24.9 Å². The summed E-state index contributed by atoms with van der Waals surface area (Å²) in [5.41, 5.74) is -0.356. The molecule has 0 atom stereocenters. The van der Waals surface area contributed by atoms with Gasteiger partial charge in [-0.2, -0.15) is 0 Å². The van der Waals surface area contributed by atoms with Gasteiger partial charge < -0.3 is 15.5 Å². The van der Waals surface area contributed by atoms with Crippen LogP contribution in [-0.4, -0.2) is 28.9 Å². The zero-order chi connectivity index (χ0) is 11.6. The molecule has 1 saturated heterocycles. The van der Waals surface area contributed by atoms with Gasteiger partial charge in [0.2, 0.25) is 0 Å². The third-order valence-corrected chi connectivity index (χ3v) is 3.09. The van der Waals surface area contributed by atoms with Crippen LogP contribution in [0.25, 0.3) is 0 Å². The second-order valence-electron chi connectivity index (χ2n) is 4.43. The van der Waals surface area contributed by atoms with Crippen LogP contribution in [0.3, 0.4) is 0 Å². The molecule has 1 aliphatic rings. The van der Waals surface area contributed by atoms with Crippen molar-refractivity contribution in [3.05, 3.63) is 29.6 Å². The molecule has 1 aromatic rings. The fourth-order valence-electron chi connectivity index (χ4n) is 2.10. The summed E-state index contributed by atoms with van der Waals surface area (Å²) in [5.74, 6) is -0.537. The van der Waals surface area contributed by atoms with Crippen LogP contribution in [0.4, 0.5) is 4.39 Å². The van der Waals surface area contributed by atoms with Crippen molar-refractivity contribution in [3.63, 3.8) is 0 Å². The van der Waals surface area contributed by atoms with E-state index in [2.05, 4.69) is 5.32 Å². The van der Waals surface area contributed by atoms with E-state index >= 15 is 0 Å². The molecule has 16 heavy (non-hydrogen) atoms. The Bertz CT molecular complexity index is 375. The quantitative estimate of drug-likeness (QED) is 0.708. The number of hydrogen-bond donors (Lipinski definition) is 3. The third kappa shape index (κ3) is 2.51. The monoisotopic (exact) mass is 225 g/mol. The summed E-state index contributed by atoms with van der Waals surface area (Å²) in [6, 6.07) is 4.06. The first-order valence-electron chi connectivity index (χ1n) is 5.50. The SMILES string of the molecule is Oc1ccc(CC2(O)CCNCC2)c(F)c1. The minimum absolute atomic E-state index is 0.0847. The van der Waals surface area contributed by atoms with Crippen molar-refractivity contribution >= 4 is 0 Å². The number of hydrogen-bond acceptors (Lipinski definition) is 3. The lowest BCUT2D eigenvalue weighted by molar-refractivity contribution is 0.0101. The molecule has 0 saturated carbocycles.